The SMILES string of the molecule is CC(CO)N(C)C(=O)N1CCSCC1C(=O)O. The summed E-state index contributed by atoms with van der Waals surface area (Å²) in [6.07, 6.45) is 0. The molecule has 17 heavy (non-hydrogen) atoms. The zero-order valence-electron chi connectivity index (χ0n) is 10.00. The number of carbonyl (C=O) groups excluding carboxylic acids is 1. The average molecular weight is 262 g/mol. The van der Waals surface area contributed by atoms with Gasteiger partial charge in [0.2, 0.25) is 0 Å². The lowest BCUT2D eigenvalue weighted by molar-refractivity contribution is -0.141. The van der Waals surface area contributed by atoms with Gasteiger partial charge in [-0.15, -0.1) is 0 Å². The standard InChI is InChI=1S/C10H18N2O4S/c1-7(5-13)11(2)10(16)12-3-4-17-6-8(12)9(14)15/h7-8,13H,3-6H2,1-2H3,(H,14,15). The number of aliphatic hydroxyl groups excluding tert-OH is 1. The second-order valence-electron chi connectivity index (χ2n) is 4.05. The summed E-state index contributed by atoms with van der Waals surface area (Å²) in [4.78, 5) is 25.9. The maximum atomic E-state index is 12.1. The third kappa shape index (κ3) is 3.26. The van der Waals surface area contributed by atoms with Crippen molar-refractivity contribution >= 4 is 23.8 Å². The van der Waals surface area contributed by atoms with Crippen LogP contribution in [-0.4, -0.2) is 75.8 Å². The quantitative estimate of drug-likeness (QED) is 0.743. The first-order chi connectivity index (χ1) is 7.99. The minimum absolute atomic E-state index is 0.136. The number of urea groups is 1. The summed E-state index contributed by atoms with van der Waals surface area (Å²) >= 11 is 1.54. The van der Waals surface area contributed by atoms with Crippen molar-refractivity contribution in [3.05, 3.63) is 0 Å². The Morgan fingerprint density at radius 1 is 1.59 bits per heavy atom. The molecule has 7 heteroatoms. The van der Waals surface area contributed by atoms with Gasteiger partial charge < -0.3 is 20.0 Å². The fraction of sp³-hybridized carbons (Fsp3) is 0.800. The second kappa shape index (κ2) is 6.11. The van der Waals surface area contributed by atoms with Crippen LogP contribution in [-0.2, 0) is 4.79 Å². The van der Waals surface area contributed by atoms with Gasteiger partial charge in [-0.05, 0) is 6.92 Å². The summed E-state index contributed by atoms with van der Waals surface area (Å²) in [7, 11) is 1.57. The van der Waals surface area contributed by atoms with E-state index in [0.29, 0.717) is 12.3 Å². The van der Waals surface area contributed by atoms with Gasteiger partial charge in [0.05, 0.1) is 12.6 Å². The molecule has 1 rings (SSSR count). The predicted molar refractivity (Wildman–Crippen MR) is 65.2 cm³/mol. The fourth-order valence-corrected chi connectivity index (χ4v) is 2.59. The third-order valence-corrected chi connectivity index (χ3v) is 3.91. The van der Waals surface area contributed by atoms with E-state index in [1.807, 2.05) is 0 Å². The van der Waals surface area contributed by atoms with Crippen LogP contribution in [0.2, 0.25) is 0 Å². The van der Waals surface area contributed by atoms with Crippen molar-refractivity contribution in [3.8, 4) is 0 Å². The number of aliphatic hydroxyl groups is 1. The number of thioether (sulfide) groups is 1. The van der Waals surface area contributed by atoms with Gasteiger partial charge >= 0.3 is 12.0 Å². The largest absolute Gasteiger partial charge is 0.480 e. The highest BCUT2D eigenvalue weighted by Gasteiger charge is 2.34. The van der Waals surface area contributed by atoms with Crippen molar-refractivity contribution in [1.29, 1.82) is 0 Å². The monoisotopic (exact) mass is 262 g/mol. The van der Waals surface area contributed by atoms with Gasteiger partial charge in [0.1, 0.15) is 6.04 Å². The van der Waals surface area contributed by atoms with E-state index in [4.69, 9.17) is 10.2 Å². The maximum absolute atomic E-state index is 12.1. The third-order valence-electron chi connectivity index (χ3n) is 2.89. The number of rotatable bonds is 3. The molecule has 0 aromatic carbocycles. The number of hydrogen-bond donors (Lipinski definition) is 2. The zero-order chi connectivity index (χ0) is 13.0. The van der Waals surface area contributed by atoms with Crippen LogP contribution in [0.3, 0.4) is 0 Å². The molecular formula is C10H18N2O4S. The van der Waals surface area contributed by atoms with E-state index in [2.05, 4.69) is 0 Å². The van der Waals surface area contributed by atoms with Gasteiger partial charge in [-0.3, -0.25) is 0 Å². The van der Waals surface area contributed by atoms with E-state index in [-0.39, 0.29) is 18.7 Å². The molecule has 2 atom stereocenters. The number of carbonyl (C=O) groups is 2. The molecule has 0 spiro atoms. The van der Waals surface area contributed by atoms with Gasteiger partial charge in [-0.1, -0.05) is 0 Å². The summed E-state index contributed by atoms with van der Waals surface area (Å²) in [5, 5.41) is 18.1. The van der Waals surface area contributed by atoms with Crippen molar-refractivity contribution in [2.75, 3.05) is 31.7 Å². The predicted octanol–water partition coefficient (Wildman–Crippen LogP) is -0.0790. The molecule has 0 bridgehead atoms. The first kappa shape index (κ1) is 14.1. The number of hydrogen-bond acceptors (Lipinski definition) is 4. The highest BCUT2D eigenvalue weighted by molar-refractivity contribution is 7.99. The van der Waals surface area contributed by atoms with Gasteiger partial charge in [-0.2, -0.15) is 11.8 Å². The number of aliphatic carboxylic acids is 1. The molecular weight excluding hydrogens is 244 g/mol. The van der Waals surface area contributed by atoms with Gasteiger partial charge in [-0.25, -0.2) is 9.59 Å². The van der Waals surface area contributed by atoms with Crippen molar-refractivity contribution < 1.29 is 19.8 Å². The summed E-state index contributed by atoms with van der Waals surface area (Å²) < 4.78 is 0. The molecule has 0 aliphatic carbocycles. The van der Waals surface area contributed by atoms with Crippen molar-refractivity contribution in [2.24, 2.45) is 0 Å². The Bertz CT molecular complexity index is 300. The lowest BCUT2D eigenvalue weighted by Gasteiger charge is -2.37. The summed E-state index contributed by atoms with van der Waals surface area (Å²) in [6, 6.07) is -1.42. The van der Waals surface area contributed by atoms with E-state index in [9.17, 15) is 9.59 Å². The smallest absolute Gasteiger partial charge is 0.327 e. The highest BCUT2D eigenvalue weighted by Crippen LogP contribution is 2.18. The Labute approximate surface area is 105 Å². The number of nitrogens with zero attached hydrogens (tertiary/aromatic N) is 2. The highest BCUT2D eigenvalue weighted by atomic mass is 32.2. The molecule has 6 nitrogen and oxygen atoms in total. The molecule has 2 amide bonds. The first-order valence-corrected chi connectivity index (χ1v) is 6.59. The first-order valence-electron chi connectivity index (χ1n) is 5.44. The summed E-state index contributed by atoms with van der Waals surface area (Å²) in [6.45, 7) is 2.01. The molecule has 1 aliphatic heterocycles. The van der Waals surface area contributed by atoms with Crippen LogP contribution in [0.15, 0.2) is 0 Å². The van der Waals surface area contributed by atoms with Crippen LogP contribution in [0.5, 0.6) is 0 Å². The van der Waals surface area contributed by atoms with Gasteiger partial charge in [0.25, 0.3) is 0 Å². The molecule has 1 saturated heterocycles. The normalized spacial score (nSPS) is 22.1. The topological polar surface area (TPSA) is 81.1 Å². The lowest BCUT2D eigenvalue weighted by Crippen LogP contribution is -2.55. The molecule has 0 radical (unpaired) electrons. The Morgan fingerprint density at radius 2 is 2.24 bits per heavy atom. The van der Waals surface area contributed by atoms with Crippen LogP contribution in [0.25, 0.3) is 0 Å². The van der Waals surface area contributed by atoms with E-state index in [0.717, 1.165) is 5.75 Å². The Kier molecular flexibility index (Phi) is 5.07. The fourth-order valence-electron chi connectivity index (χ4n) is 1.55. The number of carboxylic acids is 1. The Morgan fingerprint density at radius 3 is 2.76 bits per heavy atom. The second-order valence-corrected chi connectivity index (χ2v) is 5.20. The minimum Gasteiger partial charge on any atom is -0.480 e. The van der Waals surface area contributed by atoms with E-state index < -0.39 is 12.0 Å². The summed E-state index contributed by atoms with van der Waals surface area (Å²) in [5.74, 6) is 0.190. The number of amides is 2. The van der Waals surface area contributed by atoms with Crippen LogP contribution in [0, 0.1) is 0 Å². The van der Waals surface area contributed by atoms with E-state index >= 15 is 0 Å². The van der Waals surface area contributed by atoms with Crippen molar-refractivity contribution in [2.45, 2.75) is 19.0 Å². The Balaban J connectivity index is 2.74. The molecule has 1 heterocycles. The van der Waals surface area contributed by atoms with Crippen LogP contribution in [0.1, 0.15) is 6.92 Å². The average Bonchev–Trinajstić information content (AvgIpc) is 2.35. The molecule has 98 valence electrons. The molecule has 1 fully saturated rings. The number of carboxylic acid groups (broad SMARTS) is 1. The molecule has 2 unspecified atom stereocenters. The maximum Gasteiger partial charge on any atom is 0.327 e. The van der Waals surface area contributed by atoms with Crippen molar-refractivity contribution in [3.63, 3.8) is 0 Å². The van der Waals surface area contributed by atoms with E-state index in [1.54, 1.807) is 14.0 Å². The lowest BCUT2D eigenvalue weighted by atomic mass is 10.2. The van der Waals surface area contributed by atoms with Crippen LogP contribution >= 0.6 is 11.8 Å². The molecule has 2 N–H and O–H groups in total. The van der Waals surface area contributed by atoms with E-state index in [1.165, 1.54) is 21.6 Å². The van der Waals surface area contributed by atoms with Crippen LogP contribution in [0.4, 0.5) is 4.79 Å². The molecule has 0 aromatic heterocycles. The molecule has 1 aliphatic rings. The van der Waals surface area contributed by atoms with Gasteiger partial charge in [0, 0.05) is 25.1 Å². The number of likely N-dealkylation sites (N-methyl/N-ethyl adjacent to an activating group) is 1. The van der Waals surface area contributed by atoms with Crippen LogP contribution < -0.4 is 0 Å². The van der Waals surface area contributed by atoms with Gasteiger partial charge in [0.15, 0.2) is 0 Å². The molecule has 0 aromatic rings. The zero-order valence-corrected chi connectivity index (χ0v) is 10.8. The minimum atomic E-state index is -0.976. The van der Waals surface area contributed by atoms with Crippen molar-refractivity contribution in [1.82, 2.24) is 9.80 Å². The summed E-state index contributed by atoms with van der Waals surface area (Å²) in [5.41, 5.74) is 0. The molecule has 0 saturated carbocycles. The Hall–Kier alpha value is -0.950.